The number of ether oxygens (including phenoxy) is 2. The van der Waals surface area contributed by atoms with Crippen LogP contribution < -0.4 is 0 Å². The van der Waals surface area contributed by atoms with E-state index in [1.54, 1.807) is 0 Å². The van der Waals surface area contributed by atoms with Crippen molar-refractivity contribution in [1.82, 2.24) is 0 Å². The monoisotopic (exact) mass is 260 g/mol. The van der Waals surface area contributed by atoms with Crippen LogP contribution in [0.4, 0.5) is 0 Å². The summed E-state index contributed by atoms with van der Waals surface area (Å²) in [6, 6.07) is 0. The number of aliphatic carboxylic acids is 1. The van der Waals surface area contributed by atoms with Gasteiger partial charge in [0.25, 0.3) is 0 Å². The second-order valence-electron chi connectivity index (χ2n) is 5.36. The molecule has 0 amide bonds. The van der Waals surface area contributed by atoms with Gasteiger partial charge in [-0.05, 0) is 18.3 Å². The molecule has 5 nitrogen and oxygen atoms in total. The summed E-state index contributed by atoms with van der Waals surface area (Å²) >= 11 is 0. The highest BCUT2D eigenvalue weighted by Gasteiger charge is 2.43. The van der Waals surface area contributed by atoms with Crippen molar-refractivity contribution in [3.05, 3.63) is 0 Å². The molecule has 0 rings (SSSR count). The van der Waals surface area contributed by atoms with Crippen molar-refractivity contribution < 1.29 is 24.2 Å². The van der Waals surface area contributed by atoms with Crippen LogP contribution in [0.5, 0.6) is 0 Å². The summed E-state index contributed by atoms with van der Waals surface area (Å²) in [6.07, 6.45) is -0.0503. The maximum atomic E-state index is 12.1. The van der Waals surface area contributed by atoms with Crippen LogP contribution in [0.25, 0.3) is 0 Å². The molecule has 0 radical (unpaired) electrons. The van der Waals surface area contributed by atoms with E-state index in [-0.39, 0.29) is 24.9 Å². The average molecular weight is 260 g/mol. The Labute approximate surface area is 108 Å². The third-order valence-corrected chi connectivity index (χ3v) is 2.49. The number of carboxylic acid groups (broad SMARTS) is 1. The van der Waals surface area contributed by atoms with Gasteiger partial charge >= 0.3 is 11.9 Å². The number of hydrogen-bond donors (Lipinski definition) is 1. The maximum absolute atomic E-state index is 12.1. The summed E-state index contributed by atoms with van der Waals surface area (Å²) < 4.78 is 10.3. The van der Waals surface area contributed by atoms with Crippen LogP contribution in [0, 0.1) is 11.8 Å². The predicted octanol–water partition coefficient (Wildman–Crippen LogP) is 2.09. The number of carbonyl (C=O) groups excluding carboxylic acids is 1. The van der Waals surface area contributed by atoms with E-state index in [1.165, 1.54) is 7.11 Å². The molecule has 0 spiro atoms. The molecule has 1 N–H and O–H groups in total. The maximum Gasteiger partial charge on any atom is 0.339 e. The lowest BCUT2D eigenvalue weighted by atomic mass is 9.89. The number of carboxylic acids is 1. The summed E-state index contributed by atoms with van der Waals surface area (Å²) in [5, 5.41) is 8.93. The topological polar surface area (TPSA) is 72.8 Å². The molecule has 0 heterocycles. The minimum Gasteiger partial charge on any atom is -0.481 e. The lowest BCUT2D eigenvalue weighted by Gasteiger charge is -2.30. The molecule has 0 aliphatic rings. The summed E-state index contributed by atoms with van der Waals surface area (Å²) in [5.74, 6) is -1.32. The SMILES string of the molecule is COC(CC(=O)O)(CC(C)C)C(=O)OCC(C)C. The van der Waals surface area contributed by atoms with Gasteiger partial charge in [0.05, 0.1) is 13.0 Å². The first kappa shape index (κ1) is 16.9. The van der Waals surface area contributed by atoms with Gasteiger partial charge < -0.3 is 14.6 Å². The largest absolute Gasteiger partial charge is 0.481 e. The van der Waals surface area contributed by atoms with Crippen LogP contribution in [0.15, 0.2) is 0 Å². The molecule has 0 aromatic carbocycles. The van der Waals surface area contributed by atoms with Crippen LogP contribution in [0.2, 0.25) is 0 Å². The Morgan fingerprint density at radius 1 is 1.17 bits per heavy atom. The Bertz CT molecular complexity index is 285. The van der Waals surface area contributed by atoms with Gasteiger partial charge in [0.1, 0.15) is 0 Å². The average Bonchev–Trinajstić information content (AvgIpc) is 2.23. The van der Waals surface area contributed by atoms with E-state index in [2.05, 4.69) is 0 Å². The van der Waals surface area contributed by atoms with Gasteiger partial charge in [-0.1, -0.05) is 27.7 Å². The van der Waals surface area contributed by atoms with Gasteiger partial charge in [-0.25, -0.2) is 4.79 Å². The van der Waals surface area contributed by atoms with E-state index >= 15 is 0 Å². The van der Waals surface area contributed by atoms with Gasteiger partial charge in [-0.2, -0.15) is 0 Å². The molecule has 0 aromatic heterocycles. The minimum atomic E-state index is -1.38. The Morgan fingerprint density at radius 3 is 2.06 bits per heavy atom. The molecule has 0 aliphatic carbocycles. The summed E-state index contributed by atoms with van der Waals surface area (Å²) in [5.41, 5.74) is -1.38. The molecule has 106 valence electrons. The summed E-state index contributed by atoms with van der Waals surface area (Å²) in [6.45, 7) is 7.92. The second kappa shape index (κ2) is 7.36. The molecule has 0 aromatic rings. The van der Waals surface area contributed by atoms with Gasteiger partial charge in [0.2, 0.25) is 0 Å². The van der Waals surface area contributed by atoms with Crippen molar-refractivity contribution in [1.29, 1.82) is 0 Å². The highest BCUT2D eigenvalue weighted by atomic mass is 16.6. The molecule has 0 saturated heterocycles. The Hall–Kier alpha value is -1.10. The molecule has 0 saturated carbocycles. The van der Waals surface area contributed by atoms with Gasteiger partial charge in [0.15, 0.2) is 5.60 Å². The third-order valence-electron chi connectivity index (χ3n) is 2.49. The van der Waals surface area contributed by atoms with Crippen molar-refractivity contribution in [2.75, 3.05) is 13.7 Å². The fraction of sp³-hybridized carbons (Fsp3) is 0.846. The van der Waals surface area contributed by atoms with Crippen molar-refractivity contribution in [3.8, 4) is 0 Å². The molecule has 1 atom stereocenters. The first-order valence-electron chi connectivity index (χ1n) is 6.17. The molecule has 0 bridgehead atoms. The van der Waals surface area contributed by atoms with E-state index in [9.17, 15) is 9.59 Å². The van der Waals surface area contributed by atoms with Crippen LogP contribution in [-0.2, 0) is 19.1 Å². The molecular formula is C13H24O5. The van der Waals surface area contributed by atoms with Crippen LogP contribution in [-0.4, -0.2) is 36.4 Å². The number of hydrogen-bond acceptors (Lipinski definition) is 4. The van der Waals surface area contributed by atoms with E-state index in [1.807, 2.05) is 27.7 Å². The van der Waals surface area contributed by atoms with Crippen molar-refractivity contribution in [3.63, 3.8) is 0 Å². The predicted molar refractivity (Wildman–Crippen MR) is 67.2 cm³/mol. The first-order chi connectivity index (χ1) is 8.23. The number of carbonyl (C=O) groups is 2. The molecular weight excluding hydrogens is 236 g/mol. The minimum absolute atomic E-state index is 0.135. The third kappa shape index (κ3) is 5.49. The smallest absolute Gasteiger partial charge is 0.339 e. The normalized spacial score (nSPS) is 14.6. The van der Waals surface area contributed by atoms with Crippen LogP contribution >= 0.6 is 0 Å². The van der Waals surface area contributed by atoms with Crippen molar-refractivity contribution in [2.45, 2.75) is 46.1 Å². The molecule has 1 unspecified atom stereocenters. The second-order valence-corrected chi connectivity index (χ2v) is 5.36. The lowest BCUT2D eigenvalue weighted by molar-refractivity contribution is -0.178. The molecule has 0 aliphatic heterocycles. The first-order valence-corrected chi connectivity index (χ1v) is 6.17. The summed E-state index contributed by atoms with van der Waals surface area (Å²) in [4.78, 5) is 23.0. The molecule has 0 fully saturated rings. The van der Waals surface area contributed by atoms with Gasteiger partial charge in [-0.3, -0.25) is 4.79 Å². The van der Waals surface area contributed by atoms with Gasteiger partial charge in [0, 0.05) is 7.11 Å². The van der Waals surface area contributed by atoms with Crippen molar-refractivity contribution >= 4 is 11.9 Å². The lowest BCUT2D eigenvalue weighted by Crippen LogP contribution is -2.45. The van der Waals surface area contributed by atoms with E-state index in [0.717, 1.165) is 0 Å². The number of rotatable bonds is 8. The quantitative estimate of drug-likeness (QED) is 0.676. The van der Waals surface area contributed by atoms with Crippen LogP contribution in [0.3, 0.4) is 0 Å². The van der Waals surface area contributed by atoms with E-state index in [0.29, 0.717) is 6.42 Å². The standard InChI is InChI=1S/C13H24O5/c1-9(2)6-13(17-5,7-11(14)15)12(16)18-8-10(3)4/h9-10H,6-8H2,1-5H3,(H,14,15). The van der Waals surface area contributed by atoms with E-state index < -0.39 is 17.5 Å². The molecule has 18 heavy (non-hydrogen) atoms. The van der Waals surface area contributed by atoms with Crippen molar-refractivity contribution in [2.24, 2.45) is 11.8 Å². The Morgan fingerprint density at radius 2 is 1.72 bits per heavy atom. The zero-order valence-corrected chi connectivity index (χ0v) is 11.9. The zero-order chi connectivity index (χ0) is 14.3. The number of esters is 1. The fourth-order valence-corrected chi connectivity index (χ4v) is 1.74. The summed E-state index contributed by atoms with van der Waals surface area (Å²) in [7, 11) is 1.35. The fourth-order valence-electron chi connectivity index (χ4n) is 1.74. The van der Waals surface area contributed by atoms with Crippen LogP contribution in [0.1, 0.15) is 40.5 Å². The highest BCUT2D eigenvalue weighted by Crippen LogP contribution is 2.26. The Balaban J connectivity index is 4.91. The van der Waals surface area contributed by atoms with E-state index in [4.69, 9.17) is 14.6 Å². The zero-order valence-electron chi connectivity index (χ0n) is 11.9. The highest BCUT2D eigenvalue weighted by molar-refractivity contribution is 5.85. The number of methoxy groups -OCH3 is 1. The molecule has 5 heteroatoms. The van der Waals surface area contributed by atoms with Gasteiger partial charge in [-0.15, -0.1) is 0 Å². The Kier molecular flexibility index (Phi) is 6.91.